The molecule has 0 spiro atoms. The van der Waals surface area contributed by atoms with E-state index in [1.165, 1.54) is 18.2 Å². The first kappa shape index (κ1) is 24.8. The Morgan fingerprint density at radius 3 is 2.41 bits per heavy atom. The fraction of sp³-hybridized carbons (Fsp3) is 0.462. The minimum Gasteiger partial charge on any atom is -0.450 e. The molecule has 0 radical (unpaired) electrons. The molecule has 2 atom stereocenters. The SMILES string of the molecule is CCOC(=O)N1CCN(C(=O)C2Cc3cc([N+](=O)[O-])ccc3N3CCN(c4ccc(F)cc4)CC23)CC1. The van der Waals surface area contributed by atoms with E-state index in [1.54, 1.807) is 41.0 Å². The van der Waals surface area contributed by atoms with Gasteiger partial charge >= 0.3 is 6.09 Å². The lowest BCUT2D eigenvalue weighted by molar-refractivity contribution is -0.384. The van der Waals surface area contributed by atoms with E-state index in [4.69, 9.17) is 4.74 Å². The highest BCUT2D eigenvalue weighted by Gasteiger charge is 2.44. The Hall–Kier alpha value is -3.89. The summed E-state index contributed by atoms with van der Waals surface area (Å²) in [4.78, 5) is 44.7. The zero-order chi connectivity index (χ0) is 26.1. The Morgan fingerprint density at radius 2 is 1.73 bits per heavy atom. The topological polar surface area (TPSA) is 99.5 Å². The number of hydrogen-bond donors (Lipinski definition) is 0. The van der Waals surface area contributed by atoms with Crippen LogP contribution in [0.1, 0.15) is 12.5 Å². The molecule has 2 aromatic rings. The van der Waals surface area contributed by atoms with Crippen LogP contribution in [-0.4, -0.2) is 85.2 Å². The van der Waals surface area contributed by atoms with Crippen LogP contribution in [0.15, 0.2) is 42.5 Å². The maximum atomic E-state index is 13.9. The van der Waals surface area contributed by atoms with Crippen LogP contribution < -0.4 is 9.80 Å². The molecule has 0 aliphatic carbocycles. The van der Waals surface area contributed by atoms with Crippen LogP contribution in [0.25, 0.3) is 0 Å². The van der Waals surface area contributed by atoms with Crippen molar-refractivity contribution in [3.63, 3.8) is 0 Å². The highest BCUT2D eigenvalue weighted by molar-refractivity contribution is 5.83. The smallest absolute Gasteiger partial charge is 0.409 e. The molecular formula is C26H30FN5O5. The van der Waals surface area contributed by atoms with E-state index in [2.05, 4.69) is 9.80 Å². The number of nitrogens with zero attached hydrogens (tertiary/aromatic N) is 5. The van der Waals surface area contributed by atoms with E-state index >= 15 is 0 Å². The van der Waals surface area contributed by atoms with Crippen molar-refractivity contribution >= 4 is 29.1 Å². The zero-order valence-electron chi connectivity index (χ0n) is 20.7. The molecule has 3 aliphatic heterocycles. The Balaban J connectivity index is 1.40. The number of fused-ring (bicyclic) bond motifs is 3. The van der Waals surface area contributed by atoms with Crippen LogP contribution in [0.5, 0.6) is 0 Å². The quantitative estimate of drug-likeness (QED) is 0.460. The first-order chi connectivity index (χ1) is 17.9. The number of rotatable bonds is 4. The molecule has 2 amide bonds. The van der Waals surface area contributed by atoms with Crippen LogP contribution >= 0.6 is 0 Å². The van der Waals surface area contributed by atoms with Crippen LogP contribution in [0.2, 0.25) is 0 Å². The molecule has 3 aliphatic rings. The lowest BCUT2D eigenvalue weighted by Gasteiger charge is -2.50. The molecule has 37 heavy (non-hydrogen) atoms. The largest absolute Gasteiger partial charge is 0.450 e. The third-order valence-electron chi connectivity index (χ3n) is 7.53. The van der Waals surface area contributed by atoms with Crippen molar-refractivity contribution in [2.75, 3.05) is 62.2 Å². The molecule has 11 heteroatoms. The highest BCUT2D eigenvalue weighted by Crippen LogP contribution is 2.39. The molecular weight excluding hydrogens is 481 g/mol. The van der Waals surface area contributed by atoms with Gasteiger partial charge in [-0.1, -0.05) is 0 Å². The number of carbonyl (C=O) groups is 2. The molecule has 0 saturated carbocycles. The van der Waals surface area contributed by atoms with Gasteiger partial charge in [0.2, 0.25) is 5.91 Å². The molecule has 2 fully saturated rings. The summed E-state index contributed by atoms with van der Waals surface area (Å²) >= 11 is 0. The molecule has 2 aromatic carbocycles. The van der Waals surface area contributed by atoms with Gasteiger partial charge in [-0.2, -0.15) is 0 Å². The number of non-ortho nitro benzene ring substituents is 1. The van der Waals surface area contributed by atoms with E-state index in [1.807, 2.05) is 0 Å². The Labute approximate surface area is 214 Å². The van der Waals surface area contributed by atoms with Crippen molar-refractivity contribution in [3.05, 3.63) is 64.0 Å². The maximum absolute atomic E-state index is 13.9. The van der Waals surface area contributed by atoms with Gasteiger partial charge in [-0.25, -0.2) is 9.18 Å². The zero-order valence-corrected chi connectivity index (χ0v) is 20.7. The third kappa shape index (κ3) is 4.90. The monoisotopic (exact) mass is 511 g/mol. The summed E-state index contributed by atoms with van der Waals surface area (Å²) in [7, 11) is 0. The summed E-state index contributed by atoms with van der Waals surface area (Å²) < 4.78 is 18.6. The Morgan fingerprint density at radius 1 is 1.03 bits per heavy atom. The van der Waals surface area contributed by atoms with Gasteiger partial charge in [0.15, 0.2) is 0 Å². The number of amides is 2. The van der Waals surface area contributed by atoms with Crippen molar-refractivity contribution in [1.29, 1.82) is 0 Å². The van der Waals surface area contributed by atoms with Crippen LogP contribution in [0, 0.1) is 21.8 Å². The summed E-state index contributed by atoms with van der Waals surface area (Å²) in [5.41, 5.74) is 2.62. The first-order valence-corrected chi connectivity index (χ1v) is 12.6. The van der Waals surface area contributed by atoms with Gasteiger partial charge in [0, 0.05) is 69.3 Å². The Bertz CT molecular complexity index is 1180. The lowest BCUT2D eigenvalue weighted by Crippen LogP contribution is -2.62. The molecule has 2 saturated heterocycles. The van der Waals surface area contributed by atoms with Crippen molar-refractivity contribution in [2.24, 2.45) is 5.92 Å². The second-order valence-corrected chi connectivity index (χ2v) is 9.58. The van der Waals surface area contributed by atoms with Gasteiger partial charge in [-0.15, -0.1) is 0 Å². The van der Waals surface area contributed by atoms with Gasteiger partial charge in [0.25, 0.3) is 5.69 Å². The van der Waals surface area contributed by atoms with Crippen molar-refractivity contribution in [3.8, 4) is 0 Å². The number of benzene rings is 2. The average Bonchev–Trinajstić information content (AvgIpc) is 2.92. The van der Waals surface area contributed by atoms with E-state index in [0.717, 1.165) is 16.9 Å². The van der Waals surface area contributed by atoms with E-state index in [9.17, 15) is 24.1 Å². The lowest BCUT2D eigenvalue weighted by atomic mass is 9.82. The highest BCUT2D eigenvalue weighted by atomic mass is 19.1. The average molecular weight is 512 g/mol. The maximum Gasteiger partial charge on any atom is 0.409 e. The summed E-state index contributed by atoms with van der Waals surface area (Å²) in [6.07, 6.45) is 0.0220. The molecule has 5 rings (SSSR count). The second kappa shape index (κ2) is 10.2. The van der Waals surface area contributed by atoms with Gasteiger partial charge in [0.1, 0.15) is 5.82 Å². The molecule has 10 nitrogen and oxygen atoms in total. The first-order valence-electron chi connectivity index (χ1n) is 12.6. The Kier molecular flexibility index (Phi) is 6.86. The molecule has 0 bridgehead atoms. The summed E-state index contributed by atoms with van der Waals surface area (Å²) in [6.45, 7) is 5.55. The van der Waals surface area contributed by atoms with Crippen LogP contribution in [-0.2, 0) is 16.0 Å². The number of nitro groups is 1. The number of piperazine rings is 2. The van der Waals surface area contributed by atoms with E-state index < -0.39 is 10.8 Å². The summed E-state index contributed by atoms with van der Waals surface area (Å²) in [5.74, 6) is -0.728. The van der Waals surface area contributed by atoms with Crippen molar-refractivity contribution in [1.82, 2.24) is 9.80 Å². The van der Waals surface area contributed by atoms with E-state index in [-0.39, 0.29) is 29.5 Å². The third-order valence-corrected chi connectivity index (χ3v) is 7.53. The van der Waals surface area contributed by atoms with Gasteiger partial charge in [0.05, 0.1) is 23.5 Å². The van der Waals surface area contributed by atoms with Gasteiger partial charge < -0.3 is 24.3 Å². The normalized spacial score (nSPS) is 21.2. The molecule has 2 unspecified atom stereocenters. The fourth-order valence-corrected chi connectivity index (χ4v) is 5.65. The van der Waals surface area contributed by atoms with Gasteiger partial charge in [-0.05, 0) is 49.2 Å². The summed E-state index contributed by atoms with van der Waals surface area (Å²) in [6, 6.07) is 11.1. The fourth-order valence-electron chi connectivity index (χ4n) is 5.65. The standard InChI is InChI=1S/C26H30FN5O5/c1-2-37-26(34)29-11-9-28(10-12-29)25(33)22-16-18-15-21(32(35)36)7-8-23(18)31-14-13-30(17-24(22)31)20-5-3-19(27)4-6-20/h3-8,15,22,24H,2,9-14,16-17H2,1H3. The second-order valence-electron chi connectivity index (χ2n) is 9.58. The number of hydrogen-bond acceptors (Lipinski definition) is 7. The van der Waals surface area contributed by atoms with Crippen molar-refractivity contribution in [2.45, 2.75) is 19.4 Å². The van der Waals surface area contributed by atoms with Crippen LogP contribution in [0.3, 0.4) is 0 Å². The van der Waals surface area contributed by atoms with Crippen molar-refractivity contribution < 1.29 is 23.6 Å². The summed E-state index contributed by atoms with van der Waals surface area (Å²) in [5, 5.41) is 11.4. The minimum atomic E-state index is -0.412. The number of ether oxygens (including phenoxy) is 1. The van der Waals surface area contributed by atoms with E-state index in [0.29, 0.717) is 58.8 Å². The minimum absolute atomic E-state index is 0.0106. The number of carbonyl (C=O) groups excluding carboxylic acids is 2. The van der Waals surface area contributed by atoms with Crippen LogP contribution in [0.4, 0.5) is 26.2 Å². The predicted octanol–water partition coefficient (Wildman–Crippen LogP) is 2.90. The molecule has 196 valence electrons. The molecule has 0 N–H and O–H groups in total. The predicted molar refractivity (Wildman–Crippen MR) is 135 cm³/mol. The number of anilines is 2. The number of halogens is 1. The number of nitro benzene ring substituents is 1. The van der Waals surface area contributed by atoms with Gasteiger partial charge in [-0.3, -0.25) is 14.9 Å². The molecule has 3 heterocycles. The molecule has 0 aromatic heterocycles.